The molecule has 0 heterocycles. The highest BCUT2D eigenvalue weighted by molar-refractivity contribution is 7.98. The second-order valence-electron chi connectivity index (χ2n) is 1.72. The topological polar surface area (TPSA) is 24.7 Å². The minimum absolute atomic E-state index is 0.0658. The van der Waals surface area contributed by atoms with Gasteiger partial charge in [-0.2, -0.15) is 12.6 Å². The molecule has 0 amide bonds. The van der Waals surface area contributed by atoms with Crippen LogP contribution in [0.5, 0.6) is 0 Å². The van der Waals surface area contributed by atoms with Crippen molar-refractivity contribution in [1.29, 1.82) is 0 Å². The Labute approximate surface area is 77.5 Å². The second-order valence-corrected chi connectivity index (χ2v) is 3.51. The molecule has 0 aliphatic rings. The van der Waals surface area contributed by atoms with Gasteiger partial charge in [0.2, 0.25) is 0 Å². The monoisotopic (exact) mass is 194 g/mol. The van der Waals surface area contributed by atoms with Crippen LogP contribution in [0.2, 0.25) is 0 Å². The fraction of sp³-hybridized carbons (Fsp3) is 0.600. The maximum Gasteiger partial charge on any atom is 0.181 e. The molecule has 0 rings (SSSR count). The molecule has 5 heteroatoms. The summed E-state index contributed by atoms with van der Waals surface area (Å²) in [7, 11) is 0. The van der Waals surface area contributed by atoms with Gasteiger partial charge < -0.3 is 0 Å². The van der Waals surface area contributed by atoms with E-state index in [2.05, 4.69) is 47.9 Å². The van der Waals surface area contributed by atoms with Gasteiger partial charge in [-0.15, -0.1) is 25.3 Å². The van der Waals surface area contributed by atoms with Gasteiger partial charge in [-0.1, -0.05) is 0 Å². The van der Waals surface area contributed by atoms with E-state index in [-0.39, 0.29) is 5.37 Å². The maximum absolute atomic E-state index is 4.03. The van der Waals surface area contributed by atoms with Crippen molar-refractivity contribution in [2.75, 3.05) is 0 Å². The normalized spacial score (nSPS) is 17.3. The minimum Gasteiger partial charge on any atom is -0.247 e. The van der Waals surface area contributed by atoms with Crippen LogP contribution in [-0.2, 0) is 0 Å². The molecule has 0 bridgehead atoms. The number of aliphatic imine (C=N–C) groups is 2. The zero-order chi connectivity index (χ0) is 8.15. The molecule has 0 aliphatic carbocycles. The minimum atomic E-state index is -0.0658. The second kappa shape index (κ2) is 5.09. The summed E-state index contributed by atoms with van der Waals surface area (Å²) in [6.07, 6.45) is 0. The fourth-order valence-electron chi connectivity index (χ4n) is 0.341. The third-order valence-corrected chi connectivity index (χ3v) is 0.995. The Bertz CT molecular complexity index is 158. The van der Waals surface area contributed by atoms with E-state index in [4.69, 9.17) is 0 Å². The lowest BCUT2D eigenvalue weighted by atomic mass is 10.8. The van der Waals surface area contributed by atoms with Crippen LogP contribution in [0.3, 0.4) is 0 Å². The van der Waals surface area contributed by atoms with Gasteiger partial charge in [-0.3, -0.25) is 0 Å². The molecular weight excluding hydrogens is 184 g/mol. The first-order valence-corrected chi connectivity index (χ1v) is 4.12. The summed E-state index contributed by atoms with van der Waals surface area (Å²) >= 11 is 12.0. The molecule has 1 atom stereocenters. The van der Waals surface area contributed by atoms with Crippen LogP contribution in [0.4, 0.5) is 0 Å². The molecule has 0 aromatic heterocycles. The number of hydrogen-bond donors (Lipinski definition) is 3. The summed E-state index contributed by atoms with van der Waals surface area (Å²) in [4.78, 5) is 7.79. The summed E-state index contributed by atoms with van der Waals surface area (Å²) in [5.41, 5.74) is 0. The third kappa shape index (κ3) is 6.51. The van der Waals surface area contributed by atoms with Gasteiger partial charge in [0.1, 0.15) is 0 Å². The van der Waals surface area contributed by atoms with Crippen LogP contribution < -0.4 is 0 Å². The van der Waals surface area contributed by atoms with E-state index in [0.717, 1.165) is 0 Å². The average molecular weight is 194 g/mol. The van der Waals surface area contributed by atoms with Crippen molar-refractivity contribution in [1.82, 2.24) is 0 Å². The van der Waals surface area contributed by atoms with Gasteiger partial charge in [0.25, 0.3) is 0 Å². The van der Waals surface area contributed by atoms with E-state index in [1.807, 2.05) is 6.92 Å². The third-order valence-electron chi connectivity index (χ3n) is 0.564. The first-order chi connectivity index (χ1) is 4.52. The van der Waals surface area contributed by atoms with Crippen molar-refractivity contribution in [2.24, 2.45) is 9.98 Å². The molecule has 1 unspecified atom stereocenters. The molecule has 0 radical (unpaired) electrons. The van der Waals surface area contributed by atoms with Crippen molar-refractivity contribution in [2.45, 2.75) is 19.2 Å². The molecule has 0 fully saturated rings. The number of amidine groups is 1. The van der Waals surface area contributed by atoms with Crippen LogP contribution in [0.25, 0.3) is 0 Å². The highest BCUT2D eigenvalue weighted by Gasteiger charge is 1.90. The standard InChI is InChI=1S/C5H10N2S3/c1-3(8)6-5(10)7-4(2)9/h3,8H,1-2H3,(H2,6,7,9,10). The molecule has 0 aromatic carbocycles. The molecule has 58 valence electrons. The lowest BCUT2D eigenvalue weighted by molar-refractivity contribution is 1.06. The molecule has 0 N–H and O–H groups in total. The van der Waals surface area contributed by atoms with Crippen molar-refractivity contribution in [3.8, 4) is 0 Å². The number of thiol groups is 3. The average Bonchev–Trinajstić information content (AvgIpc) is 1.58. The highest BCUT2D eigenvalue weighted by atomic mass is 32.1. The van der Waals surface area contributed by atoms with Crippen LogP contribution >= 0.6 is 37.9 Å². The van der Waals surface area contributed by atoms with Crippen molar-refractivity contribution in [3.05, 3.63) is 0 Å². The van der Waals surface area contributed by atoms with Gasteiger partial charge in [-0.25, -0.2) is 9.98 Å². The molecule has 0 saturated heterocycles. The van der Waals surface area contributed by atoms with Crippen molar-refractivity contribution in [3.63, 3.8) is 0 Å². The Hall–Kier alpha value is 0.390. The maximum atomic E-state index is 4.03. The van der Waals surface area contributed by atoms with Crippen LogP contribution in [0, 0.1) is 0 Å². The summed E-state index contributed by atoms with van der Waals surface area (Å²) in [6.45, 7) is 3.60. The Kier molecular flexibility index (Phi) is 5.29. The lowest BCUT2D eigenvalue weighted by Crippen LogP contribution is -1.91. The van der Waals surface area contributed by atoms with Gasteiger partial charge in [0.05, 0.1) is 10.4 Å². The fourth-order valence-corrected chi connectivity index (χ4v) is 1.04. The molecule has 10 heavy (non-hydrogen) atoms. The quantitative estimate of drug-likeness (QED) is 0.323. The van der Waals surface area contributed by atoms with Gasteiger partial charge in [0.15, 0.2) is 5.17 Å². The molecule has 0 aliphatic heterocycles. The predicted molar refractivity (Wildman–Crippen MR) is 57.0 cm³/mol. The van der Waals surface area contributed by atoms with Crippen LogP contribution in [-0.4, -0.2) is 15.6 Å². The zero-order valence-corrected chi connectivity index (χ0v) is 8.50. The van der Waals surface area contributed by atoms with E-state index in [9.17, 15) is 0 Å². The lowest BCUT2D eigenvalue weighted by Gasteiger charge is -1.95. The summed E-state index contributed by atoms with van der Waals surface area (Å²) in [5, 5.41) is 0.988. The van der Waals surface area contributed by atoms with Crippen LogP contribution in [0.15, 0.2) is 9.98 Å². The van der Waals surface area contributed by atoms with E-state index >= 15 is 0 Å². The Balaban J connectivity index is 4.08. The van der Waals surface area contributed by atoms with Crippen LogP contribution in [0.1, 0.15) is 13.8 Å². The summed E-state index contributed by atoms with van der Waals surface area (Å²) in [6, 6.07) is 0. The number of hydrogen-bond acceptors (Lipinski definition) is 2. The Morgan fingerprint density at radius 1 is 1.40 bits per heavy atom. The smallest absolute Gasteiger partial charge is 0.181 e. The highest BCUT2D eigenvalue weighted by Crippen LogP contribution is 1.99. The Morgan fingerprint density at radius 3 is 2.20 bits per heavy atom. The number of rotatable bonds is 1. The molecule has 0 aromatic rings. The van der Waals surface area contributed by atoms with E-state index in [0.29, 0.717) is 10.2 Å². The van der Waals surface area contributed by atoms with Gasteiger partial charge in [-0.05, 0) is 13.8 Å². The Morgan fingerprint density at radius 2 is 1.90 bits per heavy atom. The largest absolute Gasteiger partial charge is 0.247 e. The van der Waals surface area contributed by atoms with E-state index < -0.39 is 0 Å². The molecular formula is C5H10N2S3. The molecule has 2 nitrogen and oxygen atoms in total. The van der Waals surface area contributed by atoms with Gasteiger partial charge in [0, 0.05) is 0 Å². The summed E-state index contributed by atoms with van der Waals surface area (Å²) in [5.74, 6) is 0. The summed E-state index contributed by atoms with van der Waals surface area (Å²) < 4.78 is 0. The molecule has 0 saturated carbocycles. The first kappa shape index (κ1) is 10.4. The number of nitrogens with zero attached hydrogens (tertiary/aromatic N) is 2. The molecule has 0 spiro atoms. The SMILES string of the molecule is C/C(S)=N\C(S)=N/C(C)S. The van der Waals surface area contributed by atoms with Crippen molar-refractivity contribution < 1.29 is 0 Å². The van der Waals surface area contributed by atoms with Crippen molar-refractivity contribution >= 4 is 48.1 Å². The van der Waals surface area contributed by atoms with E-state index in [1.54, 1.807) is 6.92 Å². The predicted octanol–water partition coefficient (Wildman–Crippen LogP) is 1.90. The van der Waals surface area contributed by atoms with Gasteiger partial charge >= 0.3 is 0 Å². The van der Waals surface area contributed by atoms with E-state index in [1.165, 1.54) is 0 Å². The zero-order valence-electron chi connectivity index (χ0n) is 5.81. The first-order valence-electron chi connectivity index (χ1n) is 2.71.